The van der Waals surface area contributed by atoms with Crippen LogP contribution in [0.15, 0.2) is 44.7 Å². The fraction of sp³-hybridized carbons (Fsp3) is 0.316. The Morgan fingerprint density at radius 3 is 2.74 bits per heavy atom. The van der Waals surface area contributed by atoms with E-state index in [4.69, 9.17) is 4.52 Å². The van der Waals surface area contributed by atoms with Gasteiger partial charge in [0, 0.05) is 20.0 Å². The standard InChI is InChI=1S/C19H19BrN4O2S/c1-12-9-23(14-5-3-4-6-15(14)24(10-12)13(2)25)11-18-21-19(22-26-18)16-7-8-17(20)27-16/h3-8,12H,9-11H2,1-2H3. The summed E-state index contributed by atoms with van der Waals surface area (Å²) < 4.78 is 6.54. The van der Waals surface area contributed by atoms with Crippen molar-refractivity contribution in [3.05, 3.63) is 46.1 Å². The summed E-state index contributed by atoms with van der Waals surface area (Å²) in [6, 6.07) is 11.9. The molecule has 1 aromatic carbocycles. The summed E-state index contributed by atoms with van der Waals surface area (Å²) >= 11 is 5.03. The number of fused-ring (bicyclic) bond motifs is 1. The molecule has 0 aliphatic carbocycles. The number of carbonyl (C=O) groups is 1. The third-order valence-electron chi connectivity index (χ3n) is 4.51. The number of halogens is 1. The monoisotopic (exact) mass is 446 g/mol. The van der Waals surface area contributed by atoms with Gasteiger partial charge in [-0.15, -0.1) is 11.3 Å². The lowest BCUT2D eigenvalue weighted by Crippen LogP contribution is -2.33. The molecule has 27 heavy (non-hydrogen) atoms. The summed E-state index contributed by atoms with van der Waals surface area (Å²) in [5, 5.41) is 4.12. The molecule has 8 heteroatoms. The molecular weight excluding hydrogens is 428 g/mol. The van der Waals surface area contributed by atoms with Crippen LogP contribution < -0.4 is 9.80 Å². The van der Waals surface area contributed by atoms with E-state index >= 15 is 0 Å². The molecule has 1 aliphatic heterocycles. The van der Waals surface area contributed by atoms with Crippen LogP contribution in [0.25, 0.3) is 10.7 Å². The summed E-state index contributed by atoms with van der Waals surface area (Å²) in [6.45, 7) is 5.77. The van der Waals surface area contributed by atoms with Crippen LogP contribution in [-0.4, -0.2) is 29.1 Å². The zero-order valence-corrected chi connectivity index (χ0v) is 17.5. The van der Waals surface area contributed by atoms with Gasteiger partial charge in [0.25, 0.3) is 0 Å². The molecule has 0 N–H and O–H groups in total. The normalized spacial score (nSPS) is 16.9. The highest BCUT2D eigenvalue weighted by atomic mass is 79.9. The molecule has 0 spiro atoms. The minimum Gasteiger partial charge on any atom is -0.360 e. The number of nitrogens with zero attached hydrogens (tertiary/aromatic N) is 4. The van der Waals surface area contributed by atoms with Gasteiger partial charge in [-0.3, -0.25) is 4.79 Å². The van der Waals surface area contributed by atoms with Crippen molar-refractivity contribution in [1.29, 1.82) is 0 Å². The molecule has 6 nitrogen and oxygen atoms in total. The molecular formula is C19H19BrN4O2S. The average molecular weight is 447 g/mol. The van der Waals surface area contributed by atoms with E-state index in [0.717, 1.165) is 26.6 Å². The zero-order chi connectivity index (χ0) is 19.0. The Bertz CT molecular complexity index is 970. The quantitative estimate of drug-likeness (QED) is 0.589. The number of anilines is 2. The zero-order valence-electron chi connectivity index (χ0n) is 15.1. The lowest BCUT2D eigenvalue weighted by atomic mass is 10.1. The van der Waals surface area contributed by atoms with Crippen molar-refractivity contribution >= 4 is 44.5 Å². The third kappa shape index (κ3) is 3.77. The van der Waals surface area contributed by atoms with Gasteiger partial charge < -0.3 is 14.3 Å². The molecule has 0 fully saturated rings. The van der Waals surface area contributed by atoms with Crippen molar-refractivity contribution < 1.29 is 9.32 Å². The van der Waals surface area contributed by atoms with Gasteiger partial charge >= 0.3 is 0 Å². The summed E-state index contributed by atoms with van der Waals surface area (Å²) in [6.07, 6.45) is 0. The van der Waals surface area contributed by atoms with Gasteiger partial charge in [0.05, 0.1) is 26.6 Å². The van der Waals surface area contributed by atoms with E-state index in [1.54, 1.807) is 18.3 Å². The maximum Gasteiger partial charge on any atom is 0.246 e. The maximum atomic E-state index is 12.2. The molecule has 0 radical (unpaired) electrons. The molecule has 3 heterocycles. The van der Waals surface area contributed by atoms with E-state index in [-0.39, 0.29) is 5.91 Å². The molecule has 2 aromatic heterocycles. The minimum atomic E-state index is 0.0551. The van der Waals surface area contributed by atoms with E-state index in [0.29, 0.717) is 30.7 Å². The number of hydrogen-bond acceptors (Lipinski definition) is 6. The summed E-state index contributed by atoms with van der Waals surface area (Å²) in [4.78, 5) is 21.7. The average Bonchev–Trinajstić information content (AvgIpc) is 3.24. The number of aromatic nitrogens is 2. The van der Waals surface area contributed by atoms with E-state index in [9.17, 15) is 4.79 Å². The smallest absolute Gasteiger partial charge is 0.246 e. The van der Waals surface area contributed by atoms with Gasteiger partial charge in [0.1, 0.15) is 0 Å². The number of hydrogen-bond donors (Lipinski definition) is 0. The van der Waals surface area contributed by atoms with Crippen molar-refractivity contribution in [3.8, 4) is 10.7 Å². The van der Waals surface area contributed by atoms with Crippen LogP contribution in [-0.2, 0) is 11.3 Å². The van der Waals surface area contributed by atoms with Crippen LogP contribution in [0.5, 0.6) is 0 Å². The number of benzene rings is 1. The molecule has 1 unspecified atom stereocenters. The SMILES string of the molecule is CC(=O)N1CC(C)CN(Cc2nc(-c3ccc(Br)s3)no2)c2ccccc21. The maximum absolute atomic E-state index is 12.2. The van der Waals surface area contributed by atoms with Crippen LogP contribution in [0.2, 0.25) is 0 Å². The number of amides is 1. The Morgan fingerprint density at radius 2 is 2.04 bits per heavy atom. The van der Waals surface area contributed by atoms with E-state index in [1.165, 1.54) is 0 Å². The number of para-hydroxylation sites is 2. The summed E-state index contributed by atoms with van der Waals surface area (Å²) in [5.74, 6) is 1.53. The van der Waals surface area contributed by atoms with Crippen molar-refractivity contribution in [1.82, 2.24) is 10.1 Å². The highest BCUT2D eigenvalue weighted by Crippen LogP contribution is 2.35. The van der Waals surface area contributed by atoms with Gasteiger partial charge in [-0.2, -0.15) is 4.98 Å². The first-order valence-corrected chi connectivity index (χ1v) is 10.3. The van der Waals surface area contributed by atoms with Crippen LogP contribution in [0.4, 0.5) is 11.4 Å². The van der Waals surface area contributed by atoms with Crippen molar-refractivity contribution in [2.75, 3.05) is 22.9 Å². The highest BCUT2D eigenvalue weighted by molar-refractivity contribution is 9.11. The Morgan fingerprint density at radius 1 is 1.26 bits per heavy atom. The molecule has 4 rings (SSSR count). The molecule has 0 saturated heterocycles. The Hall–Kier alpha value is -2.19. The Balaban J connectivity index is 1.64. The molecule has 140 valence electrons. The molecule has 1 aliphatic rings. The summed E-state index contributed by atoms with van der Waals surface area (Å²) in [7, 11) is 0. The first kappa shape index (κ1) is 18.2. The van der Waals surface area contributed by atoms with Gasteiger partial charge in [0.15, 0.2) is 0 Å². The van der Waals surface area contributed by atoms with Gasteiger partial charge in [0.2, 0.25) is 17.6 Å². The summed E-state index contributed by atoms with van der Waals surface area (Å²) in [5.41, 5.74) is 1.94. The largest absolute Gasteiger partial charge is 0.360 e. The molecule has 0 bridgehead atoms. The molecule has 3 aromatic rings. The Kier molecular flexibility index (Phi) is 5.01. The van der Waals surface area contributed by atoms with Crippen LogP contribution in [0, 0.1) is 5.92 Å². The van der Waals surface area contributed by atoms with Crippen LogP contribution in [0.1, 0.15) is 19.7 Å². The lowest BCUT2D eigenvalue weighted by molar-refractivity contribution is -0.116. The highest BCUT2D eigenvalue weighted by Gasteiger charge is 2.27. The number of thiophene rings is 1. The van der Waals surface area contributed by atoms with E-state index < -0.39 is 0 Å². The van der Waals surface area contributed by atoms with Crippen molar-refractivity contribution in [2.45, 2.75) is 20.4 Å². The predicted molar refractivity (Wildman–Crippen MR) is 110 cm³/mol. The van der Waals surface area contributed by atoms with Gasteiger partial charge in [-0.1, -0.05) is 24.2 Å². The number of rotatable bonds is 3. The fourth-order valence-corrected chi connectivity index (χ4v) is 4.68. The first-order valence-electron chi connectivity index (χ1n) is 8.71. The molecule has 1 atom stereocenters. The first-order chi connectivity index (χ1) is 13.0. The van der Waals surface area contributed by atoms with Crippen molar-refractivity contribution in [2.24, 2.45) is 5.92 Å². The van der Waals surface area contributed by atoms with E-state index in [1.807, 2.05) is 41.3 Å². The lowest BCUT2D eigenvalue weighted by Gasteiger charge is -2.25. The van der Waals surface area contributed by atoms with E-state index in [2.05, 4.69) is 37.9 Å². The van der Waals surface area contributed by atoms with Crippen LogP contribution in [0.3, 0.4) is 0 Å². The predicted octanol–water partition coefficient (Wildman–Crippen LogP) is 4.57. The Labute approximate surface area is 169 Å². The van der Waals surface area contributed by atoms with Crippen molar-refractivity contribution in [3.63, 3.8) is 0 Å². The third-order valence-corrected chi connectivity index (χ3v) is 6.13. The fourth-order valence-electron chi connectivity index (χ4n) is 3.37. The second-order valence-corrected chi connectivity index (χ2v) is 9.18. The van der Waals surface area contributed by atoms with Gasteiger partial charge in [-0.25, -0.2) is 0 Å². The second kappa shape index (κ2) is 7.44. The van der Waals surface area contributed by atoms with Crippen LogP contribution >= 0.6 is 27.3 Å². The second-order valence-electron chi connectivity index (χ2n) is 6.72. The minimum absolute atomic E-state index is 0.0551. The van der Waals surface area contributed by atoms with Gasteiger partial charge in [-0.05, 0) is 46.1 Å². The molecule has 0 saturated carbocycles. The topological polar surface area (TPSA) is 62.5 Å². The number of carbonyl (C=O) groups excluding carboxylic acids is 1. The molecule has 1 amide bonds.